The second kappa shape index (κ2) is 15.5. The zero-order valence-electron chi connectivity index (χ0n) is 25.5. The van der Waals surface area contributed by atoms with Crippen molar-refractivity contribution in [3.8, 4) is 11.1 Å². The monoisotopic (exact) mass is 597 g/mol. The molecule has 0 saturated carbocycles. The fraction of sp³-hybridized carbons (Fsp3) is 0.400. The van der Waals surface area contributed by atoms with Gasteiger partial charge in [-0.25, -0.2) is 4.79 Å². The predicted molar refractivity (Wildman–Crippen MR) is 173 cm³/mol. The van der Waals surface area contributed by atoms with Gasteiger partial charge in [0.2, 0.25) is 11.8 Å². The molecule has 3 aromatic rings. The number of piperidine rings is 2. The molecule has 0 bridgehead atoms. The molecule has 0 spiro atoms. The number of likely N-dealkylation sites (tertiary alicyclic amines) is 2. The highest BCUT2D eigenvalue weighted by Crippen LogP contribution is 2.28. The lowest BCUT2D eigenvalue weighted by molar-refractivity contribution is -0.126. The summed E-state index contributed by atoms with van der Waals surface area (Å²) in [4.78, 5) is 44.8. The summed E-state index contributed by atoms with van der Waals surface area (Å²) in [5.74, 6) is 0.225. The van der Waals surface area contributed by atoms with Gasteiger partial charge in [-0.3, -0.25) is 24.7 Å². The van der Waals surface area contributed by atoms with Crippen LogP contribution in [0.1, 0.15) is 32.1 Å². The van der Waals surface area contributed by atoms with Crippen molar-refractivity contribution in [2.24, 2.45) is 5.92 Å². The van der Waals surface area contributed by atoms with Gasteiger partial charge in [-0.2, -0.15) is 0 Å². The fourth-order valence-electron chi connectivity index (χ4n) is 6.04. The molecule has 9 nitrogen and oxygen atoms in total. The summed E-state index contributed by atoms with van der Waals surface area (Å²) in [5, 5.41) is 5.69. The van der Waals surface area contributed by atoms with Crippen LogP contribution in [-0.4, -0.2) is 80.3 Å². The van der Waals surface area contributed by atoms with Crippen LogP contribution in [0, 0.1) is 5.92 Å². The molecule has 44 heavy (non-hydrogen) atoms. The Morgan fingerprint density at radius 1 is 0.795 bits per heavy atom. The van der Waals surface area contributed by atoms with Gasteiger partial charge >= 0.3 is 6.09 Å². The molecule has 0 atom stereocenters. The second-order valence-electron chi connectivity index (χ2n) is 11.5. The van der Waals surface area contributed by atoms with Crippen LogP contribution in [0.3, 0.4) is 0 Å². The van der Waals surface area contributed by atoms with Crippen LogP contribution in [0.25, 0.3) is 11.1 Å². The maximum absolute atomic E-state index is 13.5. The third-order valence-corrected chi connectivity index (χ3v) is 8.61. The molecule has 9 heteroatoms. The number of hydrogen-bond acceptors (Lipinski definition) is 6. The van der Waals surface area contributed by atoms with Gasteiger partial charge in [0.05, 0.1) is 12.4 Å². The van der Waals surface area contributed by atoms with E-state index in [1.165, 1.54) is 0 Å². The predicted octanol–water partition coefficient (Wildman–Crippen LogP) is 5.21. The van der Waals surface area contributed by atoms with E-state index in [0.717, 1.165) is 74.4 Å². The zero-order valence-corrected chi connectivity index (χ0v) is 25.5. The number of carbonyl (C=O) groups is 3. The molecule has 5 rings (SSSR count). The number of nitrogens with zero attached hydrogens (tertiary/aromatic N) is 3. The fourth-order valence-corrected chi connectivity index (χ4v) is 6.04. The first-order valence-electron chi connectivity index (χ1n) is 15.6. The Balaban J connectivity index is 1.08. The van der Waals surface area contributed by atoms with E-state index in [9.17, 15) is 14.4 Å². The topological polar surface area (TPSA) is 94.2 Å². The van der Waals surface area contributed by atoms with Gasteiger partial charge in [0, 0.05) is 63.4 Å². The second-order valence-corrected chi connectivity index (χ2v) is 11.5. The Kier molecular flexibility index (Phi) is 11.0. The Morgan fingerprint density at radius 2 is 1.41 bits per heavy atom. The van der Waals surface area contributed by atoms with Gasteiger partial charge in [-0.15, -0.1) is 0 Å². The van der Waals surface area contributed by atoms with Crippen molar-refractivity contribution in [3.05, 3.63) is 84.9 Å². The summed E-state index contributed by atoms with van der Waals surface area (Å²) in [6.07, 6.45) is 2.85. The van der Waals surface area contributed by atoms with Crippen molar-refractivity contribution < 1.29 is 19.1 Å². The summed E-state index contributed by atoms with van der Waals surface area (Å²) in [6, 6.07) is 27.5. The zero-order chi connectivity index (χ0) is 30.7. The van der Waals surface area contributed by atoms with Crippen molar-refractivity contribution in [1.29, 1.82) is 0 Å². The minimum atomic E-state index is -0.445. The van der Waals surface area contributed by atoms with E-state index < -0.39 is 6.09 Å². The lowest BCUT2D eigenvalue weighted by Gasteiger charge is -2.36. The molecule has 0 aliphatic carbocycles. The van der Waals surface area contributed by atoms with Crippen molar-refractivity contribution in [2.75, 3.05) is 56.7 Å². The van der Waals surface area contributed by atoms with Gasteiger partial charge in [0.25, 0.3) is 0 Å². The lowest BCUT2D eigenvalue weighted by Crippen LogP contribution is -2.47. The van der Waals surface area contributed by atoms with Crippen LogP contribution in [0.2, 0.25) is 0 Å². The first kappa shape index (κ1) is 31.2. The van der Waals surface area contributed by atoms with Gasteiger partial charge in [-0.05, 0) is 49.4 Å². The molecule has 0 unspecified atom stereocenters. The lowest BCUT2D eigenvalue weighted by atomic mass is 9.96. The smallest absolute Gasteiger partial charge is 0.411 e. The molecule has 3 aromatic carbocycles. The number of hydrogen-bond donors (Lipinski definition) is 2. The summed E-state index contributed by atoms with van der Waals surface area (Å²) >= 11 is 0. The molecule has 2 saturated heterocycles. The first-order valence-corrected chi connectivity index (χ1v) is 15.6. The number of para-hydroxylation sites is 2. The van der Waals surface area contributed by atoms with Crippen molar-refractivity contribution in [2.45, 2.75) is 38.2 Å². The van der Waals surface area contributed by atoms with E-state index in [1.807, 2.05) is 89.8 Å². The van der Waals surface area contributed by atoms with Gasteiger partial charge < -0.3 is 15.0 Å². The number of rotatable bonds is 10. The third kappa shape index (κ3) is 8.45. The largest absolute Gasteiger partial charge is 0.446 e. The van der Waals surface area contributed by atoms with E-state index in [0.29, 0.717) is 19.6 Å². The number of anilines is 2. The Labute approximate surface area is 260 Å². The summed E-state index contributed by atoms with van der Waals surface area (Å²) in [5.41, 5.74) is 3.58. The van der Waals surface area contributed by atoms with Crippen LogP contribution >= 0.6 is 0 Å². The highest BCUT2D eigenvalue weighted by atomic mass is 16.6. The van der Waals surface area contributed by atoms with Gasteiger partial charge in [-0.1, -0.05) is 66.7 Å². The quantitative estimate of drug-likeness (QED) is 0.334. The van der Waals surface area contributed by atoms with Crippen molar-refractivity contribution >= 4 is 29.3 Å². The minimum absolute atomic E-state index is 0.0419. The standard InChI is InChI=1S/C35H43N5O4/c1-36-34(42)28-16-21-39(22-17-28)26-40(29-12-6-3-7-13-29)33(41)20-25-38-23-18-30(19-24-38)44-35(43)37-32-15-9-8-14-31(32)27-10-4-2-5-11-27/h2-15,28,30H,16-26H2,1H3,(H,36,42)(H,37,43). The normalized spacial score (nSPS) is 16.7. The highest BCUT2D eigenvalue weighted by Gasteiger charge is 2.28. The van der Waals surface area contributed by atoms with E-state index in [4.69, 9.17) is 4.74 Å². The Bertz CT molecular complexity index is 1370. The van der Waals surface area contributed by atoms with Crippen LogP contribution in [0.4, 0.5) is 16.2 Å². The molecular weight excluding hydrogens is 554 g/mol. The minimum Gasteiger partial charge on any atom is -0.446 e. The molecule has 2 fully saturated rings. The van der Waals surface area contributed by atoms with Gasteiger partial charge in [0.1, 0.15) is 6.10 Å². The van der Waals surface area contributed by atoms with E-state index in [2.05, 4.69) is 20.4 Å². The molecule has 2 N–H and O–H groups in total. The molecular formula is C35H43N5O4. The van der Waals surface area contributed by atoms with Crippen LogP contribution < -0.4 is 15.5 Å². The van der Waals surface area contributed by atoms with E-state index >= 15 is 0 Å². The average Bonchev–Trinajstić information content (AvgIpc) is 3.07. The Morgan fingerprint density at radius 3 is 2.09 bits per heavy atom. The van der Waals surface area contributed by atoms with Gasteiger partial charge in [0.15, 0.2) is 0 Å². The highest BCUT2D eigenvalue weighted by molar-refractivity contribution is 5.93. The third-order valence-electron chi connectivity index (χ3n) is 8.61. The average molecular weight is 598 g/mol. The maximum atomic E-state index is 13.5. The number of amides is 3. The van der Waals surface area contributed by atoms with Crippen molar-refractivity contribution in [1.82, 2.24) is 15.1 Å². The van der Waals surface area contributed by atoms with Crippen LogP contribution in [0.5, 0.6) is 0 Å². The molecule has 0 aromatic heterocycles. The number of nitrogens with one attached hydrogen (secondary N) is 2. The summed E-state index contributed by atoms with van der Waals surface area (Å²) in [6.45, 7) is 4.28. The molecule has 232 valence electrons. The number of benzene rings is 3. The molecule has 0 radical (unpaired) electrons. The molecule has 2 heterocycles. The van der Waals surface area contributed by atoms with Crippen LogP contribution in [-0.2, 0) is 14.3 Å². The van der Waals surface area contributed by atoms with E-state index in [-0.39, 0.29) is 23.8 Å². The maximum Gasteiger partial charge on any atom is 0.411 e. The van der Waals surface area contributed by atoms with Crippen molar-refractivity contribution in [3.63, 3.8) is 0 Å². The molecule has 3 amide bonds. The Hall–Kier alpha value is -4.21. The summed E-state index contributed by atoms with van der Waals surface area (Å²) < 4.78 is 5.79. The van der Waals surface area contributed by atoms with E-state index in [1.54, 1.807) is 7.05 Å². The molecule has 2 aliphatic heterocycles. The number of ether oxygens (including phenoxy) is 1. The van der Waals surface area contributed by atoms with Crippen LogP contribution in [0.15, 0.2) is 84.9 Å². The summed E-state index contributed by atoms with van der Waals surface area (Å²) in [7, 11) is 1.68. The number of carbonyl (C=O) groups excluding carboxylic acids is 3. The molecule has 2 aliphatic rings. The SMILES string of the molecule is CNC(=O)C1CCN(CN(C(=O)CCN2CCC(OC(=O)Nc3ccccc3-c3ccccc3)CC2)c2ccccc2)CC1. The first-order chi connectivity index (χ1) is 21.5.